The summed E-state index contributed by atoms with van der Waals surface area (Å²) in [6.45, 7) is 6.20. The zero-order valence-electron chi connectivity index (χ0n) is 9.21. The van der Waals surface area contributed by atoms with Crippen molar-refractivity contribution in [1.82, 2.24) is 4.90 Å². The summed E-state index contributed by atoms with van der Waals surface area (Å²) < 4.78 is 0. The average Bonchev–Trinajstić information content (AvgIpc) is 2.08. The SMILES string of the molecule is CC(C)C(=O)[C@@H]1CCCC(C)N1C. The molecule has 2 nitrogen and oxygen atoms in total. The van der Waals surface area contributed by atoms with Crippen molar-refractivity contribution in [3.63, 3.8) is 0 Å². The number of hydrogen-bond acceptors (Lipinski definition) is 2. The van der Waals surface area contributed by atoms with Crippen LogP contribution in [0.3, 0.4) is 0 Å². The Morgan fingerprint density at radius 3 is 2.54 bits per heavy atom. The summed E-state index contributed by atoms with van der Waals surface area (Å²) in [6.07, 6.45) is 3.49. The number of carbonyl (C=O) groups excluding carboxylic acids is 1. The first kappa shape index (κ1) is 10.7. The standard InChI is InChI=1S/C11H21NO/c1-8(2)11(13)10-7-5-6-9(3)12(10)4/h8-10H,5-7H2,1-4H3/t9?,10-/m0/s1. The lowest BCUT2D eigenvalue weighted by Gasteiger charge is -2.37. The molecule has 0 aromatic rings. The predicted octanol–water partition coefficient (Wildman–Crippen LogP) is 2.08. The minimum absolute atomic E-state index is 0.178. The van der Waals surface area contributed by atoms with Gasteiger partial charge in [0.25, 0.3) is 0 Å². The van der Waals surface area contributed by atoms with Crippen LogP contribution < -0.4 is 0 Å². The second kappa shape index (κ2) is 4.23. The van der Waals surface area contributed by atoms with E-state index >= 15 is 0 Å². The summed E-state index contributed by atoms with van der Waals surface area (Å²) >= 11 is 0. The first-order chi connectivity index (χ1) is 6.04. The van der Waals surface area contributed by atoms with Crippen molar-refractivity contribution in [1.29, 1.82) is 0 Å². The van der Waals surface area contributed by atoms with Crippen LogP contribution in [0, 0.1) is 5.92 Å². The Hall–Kier alpha value is -0.370. The number of carbonyl (C=O) groups is 1. The van der Waals surface area contributed by atoms with E-state index in [1.807, 2.05) is 13.8 Å². The summed E-state index contributed by atoms with van der Waals surface area (Å²) in [6, 6.07) is 0.755. The van der Waals surface area contributed by atoms with Crippen LogP contribution in [0.15, 0.2) is 0 Å². The lowest BCUT2D eigenvalue weighted by Crippen LogP contribution is -2.48. The highest BCUT2D eigenvalue weighted by Gasteiger charge is 2.30. The van der Waals surface area contributed by atoms with Gasteiger partial charge < -0.3 is 0 Å². The number of piperidine rings is 1. The van der Waals surface area contributed by atoms with Gasteiger partial charge in [0.1, 0.15) is 0 Å². The molecule has 2 heteroatoms. The van der Waals surface area contributed by atoms with E-state index in [4.69, 9.17) is 0 Å². The molecule has 0 bridgehead atoms. The maximum Gasteiger partial charge on any atom is 0.152 e. The Morgan fingerprint density at radius 1 is 1.38 bits per heavy atom. The van der Waals surface area contributed by atoms with Crippen molar-refractivity contribution in [2.45, 2.75) is 52.1 Å². The monoisotopic (exact) mass is 183 g/mol. The molecule has 0 amide bonds. The van der Waals surface area contributed by atoms with Crippen LogP contribution in [-0.4, -0.2) is 29.8 Å². The second-order valence-electron chi connectivity index (χ2n) is 4.52. The highest BCUT2D eigenvalue weighted by Crippen LogP contribution is 2.23. The van der Waals surface area contributed by atoms with Gasteiger partial charge in [0.05, 0.1) is 6.04 Å². The van der Waals surface area contributed by atoms with E-state index in [-0.39, 0.29) is 12.0 Å². The fourth-order valence-corrected chi connectivity index (χ4v) is 2.05. The van der Waals surface area contributed by atoms with Crippen molar-refractivity contribution in [2.75, 3.05) is 7.05 Å². The van der Waals surface area contributed by atoms with Gasteiger partial charge in [0.15, 0.2) is 5.78 Å². The molecule has 0 saturated carbocycles. The number of likely N-dealkylation sites (N-methyl/N-ethyl adjacent to an activating group) is 1. The Morgan fingerprint density at radius 2 is 2.00 bits per heavy atom. The van der Waals surface area contributed by atoms with Crippen LogP contribution in [-0.2, 0) is 4.79 Å². The van der Waals surface area contributed by atoms with Crippen molar-refractivity contribution in [3.05, 3.63) is 0 Å². The van der Waals surface area contributed by atoms with E-state index in [0.717, 1.165) is 6.42 Å². The van der Waals surface area contributed by atoms with Crippen LogP contribution in [0.2, 0.25) is 0 Å². The molecule has 0 aliphatic carbocycles. The summed E-state index contributed by atoms with van der Waals surface area (Å²) in [5.74, 6) is 0.590. The van der Waals surface area contributed by atoms with E-state index in [0.29, 0.717) is 11.8 Å². The molecule has 76 valence electrons. The van der Waals surface area contributed by atoms with Crippen LogP contribution in [0.4, 0.5) is 0 Å². The van der Waals surface area contributed by atoms with Crippen molar-refractivity contribution in [3.8, 4) is 0 Å². The van der Waals surface area contributed by atoms with Crippen LogP contribution >= 0.6 is 0 Å². The van der Waals surface area contributed by atoms with Crippen molar-refractivity contribution in [2.24, 2.45) is 5.92 Å². The minimum atomic E-state index is 0.178. The Kier molecular flexibility index (Phi) is 3.48. The Bertz CT molecular complexity index is 189. The molecule has 2 atom stereocenters. The predicted molar refractivity (Wildman–Crippen MR) is 54.7 cm³/mol. The first-order valence-electron chi connectivity index (χ1n) is 5.29. The van der Waals surface area contributed by atoms with Gasteiger partial charge in [0.2, 0.25) is 0 Å². The molecule has 1 aliphatic rings. The third kappa shape index (κ3) is 2.31. The largest absolute Gasteiger partial charge is 0.298 e. The van der Waals surface area contributed by atoms with E-state index in [1.165, 1.54) is 12.8 Å². The molecule has 0 spiro atoms. The van der Waals surface area contributed by atoms with Gasteiger partial charge in [-0.2, -0.15) is 0 Å². The highest BCUT2D eigenvalue weighted by molar-refractivity contribution is 5.85. The zero-order valence-corrected chi connectivity index (χ0v) is 9.21. The molecule has 13 heavy (non-hydrogen) atoms. The smallest absolute Gasteiger partial charge is 0.152 e. The molecule has 1 aliphatic heterocycles. The molecule has 0 N–H and O–H groups in total. The maximum absolute atomic E-state index is 11.8. The van der Waals surface area contributed by atoms with Gasteiger partial charge >= 0.3 is 0 Å². The fourth-order valence-electron chi connectivity index (χ4n) is 2.05. The fraction of sp³-hybridized carbons (Fsp3) is 0.909. The molecule has 1 heterocycles. The molecule has 0 radical (unpaired) electrons. The third-order valence-corrected chi connectivity index (χ3v) is 3.18. The Labute approximate surface area is 81.3 Å². The molecule has 0 aromatic heterocycles. The highest BCUT2D eigenvalue weighted by atomic mass is 16.1. The first-order valence-corrected chi connectivity index (χ1v) is 5.29. The third-order valence-electron chi connectivity index (χ3n) is 3.18. The second-order valence-corrected chi connectivity index (χ2v) is 4.52. The maximum atomic E-state index is 11.8. The number of nitrogens with zero attached hydrogens (tertiary/aromatic N) is 1. The van der Waals surface area contributed by atoms with Gasteiger partial charge in [-0.15, -0.1) is 0 Å². The molecule has 0 aromatic carbocycles. The molecule has 1 unspecified atom stereocenters. The van der Waals surface area contributed by atoms with E-state index in [1.54, 1.807) is 0 Å². The van der Waals surface area contributed by atoms with Crippen molar-refractivity contribution < 1.29 is 4.79 Å². The minimum Gasteiger partial charge on any atom is -0.298 e. The van der Waals surface area contributed by atoms with Crippen LogP contribution in [0.5, 0.6) is 0 Å². The zero-order chi connectivity index (χ0) is 10.0. The Balaban J connectivity index is 2.62. The van der Waals surface area contributed by atoms with E-state index < -0.39 is 0 Å². The molecule has 1 fully saturated rings. The number of Topliss-reactive ketones (excluding diaryl/α,β-unsaturated/α-hetero) is 1. The van der Waals surface area contributed by atoms with E-state index in [2.05, 4.69) is 18.9 Å². The summed E-state index contributed by atoms with van der Waals surface area (Å²) in [4.78, 5) is 14.1. The number of hydrogen-bond donors (Lipinski definition) is 0. The summed E-state index contributed by atoms with van der Waals surface area (Å²) in [5.41, 5.74) is 0. The van der Waals surface area contributed by atoms with Crippen LogP contribution in [0.1, 0.15) is 40.0 Å². The summed E-state index contributed by atoms with van der Waals surface area (Å²) in [5, 5.41) is 0. The molecular weight excluding hydrogens is 162 g/mol. The van der Waals surface area contributed by atoms with Gasteiger partial charge in [0, 0.05) is 12.0 Å². The molecular formula is C11H21NO. The average molecular weight is 183 g/mol. The van der Waals surface area contributed by atoms with E-state index in [9.17, 15) is 4.79 Å². The van der Waals surface area contributed by atoms with Gasteiger partial charge in [-0.1, -0.05) is 13.8 Å². The van der Waals surface area contributed by atoms with Gasteiger partial charge in [-0.05, 0) is 33.2 Å². The topological polar surface area (TPSA) is 20.3 Å². The van der Waals surface area contributed by atoms with Gasteiger partial charge in [-0.3, -0.25) is 9.69 Å². The lowest BCUT2D eigenvalue weighted by atomic mass is 9.90. The normalized spacial score (nSPS) is 30.8. The lowest BCUT2D eigenvalue weighted by molar-refractivity contribution is -0.128. The summed E-state index contributed by atoms with van der Waals surface area (Å²) in [7, 11) is 2.08. The molecule has 1 rings (SSSR count). The van der Waals surface area contributed by atoms with Gasteiger partial charge in [-0.25, -0.2) is 0 Å². The quantitative estimate of drug-likeness (QED) is 0.653. The number of rotatable bonds is 2. The van der Waals surface area contributed by atoms with Crippen molar-refractivity contribution >= 4 is 5.78 Å². The number of likely N-dealkylation sites (tertiary alicyclic amines) is 1. The molecule has 1 saturated heterocycles. The van der Waals surface area contributed by atoms with Crippen LogP contribution in [0.25, 0.3) is 0 Å². The number of ketones is 1.